The van der Waals surface area contributed by atoms with Crippen LogP contribution in [0.4, 0.5) is 0 Å². The van der Waals surface area contributed by atoms with Crippen LogP contribution >= 0.6 is 0 Å². The molecule has 166 valence electrons. The molecule has 2 fully saturated rings. The average Bonchev–Trinajstić information content (AvgIpc) is 3.23. The van der Waals surface area contributed by atoms with Gasteiger partial charge in [-0.15, -0.1) is 0 Å². The summed E-state index contributed by atoms with van der Waals surface area (Å²) < 4.78 is 27.0. The molecule has 2 saturated heterocycles. The number of H-pyrrole nitrogens is 2. The molecule has 0 aliphatic carbocycles. The molecule has 4 rings (SSSR count). The molecule has 2 aliphatic heterocycles. The number of hydrogen-bond donors (Lipinski definition) is 4. The van der Waals surface area contributed by atoms with Crippen LogP contribution in [0.5, 0.6) is 0 Å². The standard InChI is InChI=1S/C19H24N6O5S/c1-12-16(17(26)21-19(28)20-12)31(29,30)25-9-7-24(8-10-25)18(27)15-11-14(22-23-15)13-5-3-2-4-6-13/h2-6,14-15,22-23H,7-11H2,1H3,(H2,20,21,26,28). The lowest BCUT2D eigenvalue weighted by molar-refractivity contribution is -0.134. The molecule has 3 heterocycles. The summed E-state index contributed by atoms with van der Waals surface area (Å²) in [6.45, 7) is 1.92. The van der Waals surface area contributed by atoms with Crippen LogP contribution < -0.4 is 22.1 Å². The maximum absolute atomic E-state index is 12.9. The number of sulfonamides is 1. The number of rotatable bonds is 4. The zero-order valence-corrected chi connectivity index (χ0v) is 17.7. The Morgan fingerprint density at radius 2 is 1.68 bits per heavy atom. The lowest BCUT2D eigenvalue weighted by Crippen LogP contribution is -2.55. The molecule has 11 nitrogen and oxygen atoms in total. The van der Waals surface area contributed by atoms with Gasteiger partial charge in [0.2, 0.25) is 15.9 Å². The van der Waals surface area contributed by atoms with Gasteiger partial charge in [0.1, 0.15) is 6.04 Å². The second-order valence-corrected chi connectivity index (χ2v) is 9.51. The number of benzene rings is 1. The highest BCUT2D eigenvalue weighted by molar-refractivity contribution is 7.89. The first-order valence-electron chi connectivity index (χ1n) is 9.95. The Bertz CT molecular complexity index is 1180. The summed E-state index contributed by atoms with van der Waals surface area (Å²) >= 11 is 0. The van der Waals surface area contributed by atoms with Crippen LogP contribution in [0.2, 0.25) is 0 Å². The molecule has 1 aromatic carbocycles. The van der Waals surface area contributed by atoms with E-state index >= 15 is 0 Å². The Kier molecular flexibility index (Phi) is 5.79. The smallest absolute Gasteiger partial charge is 0.325 e. The summed E-state index contributed by atoms with van der Waals surface area (Å²) in [6.07, 6.45) is 0.591. The van der Waals surface area contributed by atoms with Gasteiger partial charge in [-0.25, -0.2) is 24.1 Å². The van der Waals surface area contributed by atoms with Crippen molar-refractivity contribution in [1.82, 2.24) is 30.0 Å². The molecule has 31 heavy (non-hydrogen) atoms. The summed E-state index contributed by atoms with van der Waals surface area (Å²) in [5.41, 5.74) is 5.54. The van der Waals surface area contributed by atoms with Crippen LogP contribution in [0.3, 0.4) is 0 Å². The molecular formula is C19H24N6O5S. The summed E-state index contributed by atoms with van der Waals surface area (Å²) in [5, 5.41) is 0. The third-order valence-corrected chi connectivity index (χ3v) is 7.68. The van der Waals surface area contributed by atoms with Crippen molar-refractivity contribution in [3.63, 3.8) is 0 Å². The summed E-state index contributed by atoms with van der Waals surface area (Å²) in [4.78, 5) is 41.8. The Labute approximate surface area is 178 Å². The molecule has 0 bridgehead atoms. The minimum Gasteiger partial charge on any atom is -0.339 e. The van der Waals surface area contributed by atoms with E-state index in [1.165, 1.54) is 11.2 Å². The molecule has 2 unspecified atom stereocenters. The van der Waals surface area contributed by atoms with Gasteiger partial charge in [0.25, 0.3) is 5.56 Å². The van der Waals surface area contributed by atoms with E-state index < -0.39 is 32.2 Å². The second-order valence-electron chi connectivity index (χ2n) is 7.63. The zero-order chi connectivity index (χ0) is 22.2. The number of aryl methyl sites for hydroxylation is 1. The van der Waals surface area contributed by atoms with E-state index in [-0.39, 0.29) is 43.8 Å². The highest BCUT2D eigenvalue weighted by atomic mass is 32.2. The summed E-state index contributed by atoms with van der Waals surface area (Å²) in [5.74, 6) is -0.0963. The number of hydrazine groups is 1. The van der Waals surface area contributed by atoms with Gasteiger partial charge in [-0.2, -0.15) is 4.31 Å². The van der Waals surface area contributed by atoms with Gasteiger partial charge in [-0.1, -0.05) is 30.3 Å². The quantitative estimate of drug-likeness (QED) is 0.460. The van der Waals surface area contributed by atoms with Crippen LogP contribution in [0.1, 0.15) is 23.7 Å². The van der Waals surface area contributed by atoms with Gasteiger partial charge in [-0.05, 0) is 18.9 Å². The van der Waals surface area contributed by atoms with Gasteiger partial charge >= 0.3 is 5.69 Å². The highest BCUT2D eigenvalue weighted by Gasteiger charge is 2.37. The van der Waals surface area contributed by atoms with Crippen molar-refractivity contribution >= 4 is 15.9 Å². The van der Waals surface area contributed by atoms with E-state index in [2.05, 4.69) is 15.8 Å². The second kappa shape index (κ2) is 8.38. The summed E-state index contributed by atoms with van der Waals surface area (Å²) in [7, 11) is -4.10. The van der Waals surface area contributed by atoms with Crippen LogP contribution in [-0.2, 0) is 14.8 Å². The number of piperazine rings is 1. The predicted octanol–water partition coefficient (Wildman–Crippen LogP) is -1.19. The van der Waals surface area contributed by atoms with Gasteiger partial charge in [0.05, 0.1) is 0 Å². The fraction of sp³-hybridized carbons (Fsp3) is 0.421. The number of aromatic nitrogens is 2. The van der Waals surface area contributed by atoms with Crippen LogP contribution in [0.25, 0.3) is 0 Å². The molecule has 1 amide bonds. The Morgan fingerprint density at radius 3 is 2.32 bits per heavy atom. The van der Waals surface area contributed by atoms with Gasteiger partial charge in [-0.3, -0.25) is 14.6 Å². The molecular weight excluding hydrogens is 424 g/mol. The van der Waals surface area contributed by atoms with Gasteiger partial charge in [0.15, 0.2) is 4.90 Å². The average molecular weight is 449 g/mol. The molecule has 0 radical (unpaired) electrons. The van der Waals surface area contributed by atoms with Crippen molar-refractivity contribution in [1.29, 1.82) is 0 Å². The number of carbonyl (C=O) groups is 1. The fourth-order valence-corrected chi connectivity index (χ4v) is 5.64. The molecule has 0 saturated carbocycles. The molecule has 2 aliphatic rings. The lowest BCUT2D eigenvalue weighted by atomic mass is 10.0. The van der Waals surface area contributed by atoms with Crippen molar-refractivity contribution in [3.05, 3.63) is 62.4 Å². The SMILES string of the molecule is Cc1[nH]c(=O)[nH]c(=O)c1S(=O)(=O)N1CCN(C(=O)C2CC(c3ccccc3)NN2)CC1. The number of amides is 1. The Balaban J connectivity index is 1.40. The Hall–Kier alpha value is -2.80. The molecule has 2 atom stereocenters. The first-order chi connectivity index (χ1) is 14.8. The van der Waals surface area contributed by atoms with Gasteiger partial charge < -0.3 is 9.88 Å². The van der Waals surface area contributed by atoms with Crippen molar-refractivity contribution in [2.75, 3.05) is 26.2 Å². The lowest BCUT2D eigenvalue weighted by Gasteiger charge is -2.35. The molecule has 2 aromatic rings. The van der Waals surface area contributed by atoms with Crippen LogP contribution in [0.15, 0.2) is 44.8 Å². The number of aromatic amines is 2. The molecule has 4 N–H and O–H groups in total. The summed E-state index contributed by atoms with van der Waals surface area (Å²) in [6, 6.07) is 9.43. The van der Waals surface area contributed by atoms with Crippen molar-refractivity contribution < 1.29 is 13.2 Å². The van der Waals surface area contributed by atoms with Crippen molar-refractivity contribution in [2.45, 2.75) is 30.3 Å². The van der Waals surface area contributed by atoms with Crippen molar-refractivity contribution in [2.24, 2.45) is 0 Å². The first-order valence-corrected chi connectivity index (χ1v) is 11.4. The van der Waals surface area contributed by atoms with E-state index in [1.807, 2.05) is 35.3 Å². The third kappa shape index (κ3) is 4.19. The number of nitrogens with zero attached hydrogens (tertiary/aromatic N) is 2. The normalized spacial score (nSPS) is 22.5. The minimum atomic E-state index is -4.10. The van der Waals surface area contributed by atoms with Crippen LogP contribution in [-0.4, -0.2) is 65.7 Å². The molecule has 1 aromatic heterocycles. The monoisotopic (exact) mass is 448 g/mol. The van der Waals surface area contributed by atoms with E-state index in [4.69, 9.17) is 0 Å². The highest BCUT2D eigenvalue weighted by Crippen LogP contribution is 2.23. The van der Waals surface area contributed by atoms with E-state index in [1.54, 1.807) is 4.90 Å². The largest absolute Gasteiger partial charge is 0.339 e. The van der Waals surface area contributed by atoms with E-state index in [0.29, 0.717) is 6.42 Å². The Morgan fingerprint density at radius 1 is 1.00 bits per heavy atom. The van der Waals surface area contributed by atoms with Gasteiger partial charge in [0, 0.05) is 37.9 Å². The topological polar surface area (TPSA) is 147 Å². The number of carbonyl (C=O) groups excluding carboxylic acids is 1. The van der Waals surface area contributed by atoms with Crippen molar-refractivity contribution in [3.8, 4) is 0 Å². The predicted molar refractivity (Wildman–Crippen MR) is 112 cm³/mol. The van der Waals surface area contributed by atoms with Crippen LogP contribution in [0, 0.1) is 6.92 Å². The maximum atomic E-state index is 12.9. The maximum Gasteiger partial charge on any atom is 0.325 e. The number of hydrogen-bond acceptors (Lipinski definition) is 7. The zero-order valence-electron chi connectivity index (χ0n) is 16.9. The number of nitrogens with one attached hydrogen (secondary N) is 4. The molecule has 0 spiro atoms. The van der Waals surface area contributed by atoms with E-state index in [9.17, 15) is 22.8 Å². The first kappa shape index (κ1) is 21.4. The molecule has 12 heteroatoms. The fourth-order valence-electron chi connectivity index (χ4n) is 4.02. The minimum absolute atomic E-state index is 0.0135. The third-order valence-electron chi connectivity index (χ3n) is 5.63. The van der Waals surface area contributed by atoms with E-state index in [0.717, 1.165) is 5.56 Å².